The smallest absolute Gasteiger partial charge is 0.317 e. The molecule has 0 aliphatic carbocycles. The zero-order chi connectivity index (χ0) is 16.2. The molecule has 0 saturated carbocycles. The maximum Gasteiger partial charge on any atom is 0.317 e. The van der Waals surface area contributed by atoms with E-state index in [0.29, 0.717) is 13.1 Å². The third-order valence-corrected chi connectivity index (χ3v) is 3.94. The van der Waals surface area contributed by atoms with Crippen molar-refractivity contribution in [3.05, 3.63) is 36.4 Å². The first-order valence-corrected chi connectivity index (χ1v) is 7.90. The summed E-state index contributed by atoms with van der Waals surface area (Å²) in [4.78, 5) is 17.8. The number of urea groups is 1. The van der Waals surface area contributed by atoms with Crippen molar-refractivity contribution < 1.29 is 4.79 Å². The molecule has 0 unspecified atom stereocenters. The number of rotatable bonds is 5. The predicted molar refractivity (Wildman–Crippen MR) is 86.9 cm³/mol. The molecule has 0 fully saturated rings. The molecule has 2 heterocycles. The zero-order valence-electron chi connectivity index (χ0n) is 12.9. The van der Waals surface area contributed by atoms with Gasteiger partial charge in [0.2, 0.25) is 0 Å². The largest absolute Gasteiger partial charge is 0.334 e. The molecule has 3 rings (SSSR count). The molecule has 8 nitrogen and oxygen atoms in total. The Morgan fingerprint density at radius 3 is 3.00 bits per heavy atom. The van der Waals surface area contributed by atoms with Crippen molar-refractivity contribution in [3.63, 3.8) is 0 Å². The van der Waals surface area contributed by atoms with Gasteiger partial charge in [-0.2, -0.15) is 13.8 Å². The Labute approximate surface area is 137 Å². The fourth-order valence-electron chi connectivity index (χ4n) is 2.25. The Hall–Kier alpha value is -2.55. The van der Waals surface area contributed by atoms with Crippen LogP contribution in [0, 0.1) is 0 Å². The van der Waals surface area contributed by atoms with Crippen LogP contribution in [0.5, 0.6) is 0 Å². The second kappa shape index (κ2) is 6.69. The molecule has 0 aliphatic rings. The minimum atomic E-state index is -0.130. The Morgan fingerprint density at radius 2 is 2.22 bits per heavy atom. The summed E-state index contributed by atoms with van der Waals surface area (Å²) in [6.07, 6.45) is 3.10. The number of nitrogens with one attached hydrogen (secondary N) is 1. The summed E-state index contributed by atoms with van der Waals surface area (Å²) in [6.45, 7) is 3.02. The molecule has 9 heteroatoms. The Morgan fingerprint density at radius 1 is 1.39 bits per heavy atom. The first-order chi connectivity index (χ1) is 11.1. The number of benzene rings is 1. The van der Waals surface area contributed by atoms with Crippen molar-refractivity contribution in [2.45, 2.75) is 26.1 Å². The molecule has 2 aromatic heterocycles. The molecule has 0 radical (unpaired) electrons. The summed E-state index contributed by atoms with van der Waals surface area (Å²) in [5.74, 6) is 0. The predicted octanol–water partition coefficient (Wildman–Crippen LogP) is 1.51. The SMILES string of the molecule is C[C@@H](Cn1cncn1)NC(=O)N(C)Cc1ccc2nsnc2c1. The summed E-state index contributed by atoms with van der Waals surface area (Å²) >= 11 is 1.19. The van der Waals surface area contributed by atoms with Gasteiger partial charge in [0, 0.05) is 19.6 Å². The third kappa shape index (κ3) is 3.81. The van der Waals surface area contributed by atoms with Gasteiger partial charge in [-0.05, 0) is 24.6 Å². The normalized spacial score (nSPS) is 12.3. The number of aromatic nitrogens is 5. The molecule has 0 saturated heterocycles. The van der Waals surface area contributed by atoms with E-state index in [1.165, 1.54) is 18.1 Å². The van der Waals surface area contributed by atoms with Crippen LogP contribution in [0.15, 0.2) is 30.9 Å². The fraction of sp³-hybridized carbons (Fsp3) is 0.357. The Balaban J connectivity index is 1.56. The minimum absolute atomic E-state index is 0.0446. The van der Waals surface area contributed by atoms with E-state index in [0.717, 1.165) is 16.6 Å². The molecular weight excluding hydrogens is 314 g/mol. The van der Waals surface area contributed by atoms with Gasteiger partial charge in [-0.25, -0.2) is 9.78 Å². The van der Waals surface area contributed by atoms with E-state index in [1.807, 2.05) is 25.1 Å². The Kier molecular flexibility index (Phi) is 4.47. The average Bonchev–Trinajstić information content (AvgIpc) is 3.17. The standard InChI is InChI=1S/C14H17N7OS/c1-10(6-21-9-15-8-16-21)17-14(22)20(2)7-11-3-4-12-13(5-11)19-23-18-12/h3-5,8-10H,6-7H2,1-2H3,(H,17,22)/t10-/m0/s1. The van der Waals surface area contributed by atoms with E-state index in [9.17, 15) is 4.79 Å². The maximum absolute atomic E-state index is 12.2. The molecule has 23 heavy (non-hydrogen) atoms. The number of carbonyl (C=O) groups excluding carboxylic acids is 1. The van der Waals surface area contributed by atoms with Crippen molar-refractivity contribution in [1.29, 1.82) is 0 Å². The van der Waals surface area contributed by atoms with Crippen LogP contribution in [0.1, 0.15) is 12.5 Å². The number of nitrogens with zero attached hydrogens (tertiary/aromatic N) is 6. The molecule has 3 aromatic rings. The van der Waals surface area contributed by atoms with Crippen LogP contribution >= 0.6 is 11.7 Å². The lowest BCUT2D eigenvalue weighted by atomic mass is 10.2. The highest BCUT2D eigenvalue weighted by Crippen LogP contribution is 2.14. The van der Waals surface area contributed by atoms with Gasteiger partial charge >= 0.3 is 6.03 Å². The lowest BCUT2D eigenvalue weighted by Crippen LogP contribution is -2.43. The lowest BCUT2D eigenvalue weighted by Gasteiger charge is -2.21. The Bertz CT molecular complexity index is 785. The molecule has 0 bridgehead atoms. The highest BCUT2D eigenvalue weighted by atomic mass is 32.1. The quantitative estimate of drug-likeness (QED) is 0.765. The van der Waals surface area contributed by atoms with Crippen LogP contribution in [0.25, 0.3) is 11.0 Å². The molecule has 0 aliphatic heterocycles. The number of carbonyl (C=O) groups is 1. The second-order valence-electron chi connectivity index (χ2n) is 5.41. The summed E-state index contributed by atoms with van der Waals surface area (Å²) in [5.41, 5.74) is 2.76. The van der Waals surface area contributed by atoms with E-state index >= 15 is 0 Å². The number of hydrogen-bond donors (Lipinski definition) is 1. The summed E-state index contributed by atoms with van der Waals surface area (Å²) in [5, 5.41) is 6.97. The first kappa shape index (κ1) is 15.3. The zero-order valence-corrected chi connectivity index (χ0v) is 13.7. The van der Waals surface area contributed by atoms with Crippen molar-refractivity contribution >= 4 is 28.8 Å². The van der Waals surface area contributed by atoms with Gasteiger partial charge < -0.3 is 10.2 Å². The van der Waals surface area contributed by atoms with Gasteiger partial charge in [0.1, 0.15) is 23.7 Å². The van der Waals surface area contributed by atoms with Gasteiger partial charge in [0.15, 0.2) is 0 Å². The highest BCUT2D eigenvalue weighted by Gasteiger charge is 2.13. The van der Waals surface area contributed by atoms with E-state index in [1.54, 1.807) is 23.0 Å². The number of amides is 2. The molecule has 1 aromatic carbocycles. The second-order valence-corrected chi connectivity index (χ2v) is 5.94. The van der Waals surface area contributed by atoms with Crippen LogP contribution in [0.3, 0.4) is 0 Å². The van der Waals surface area contributed by atoms with Crippen molar-refractivity contribution in [1.82, 2.24) is 33.7 Å². The first-order valence-electron chi connectivity index (χ1n) is 7.17. The van der Waals surface area contributed by atoms with Crippen molar-refractivity contribution in [2.75, 3.05) is 7.05 Å². The van der Waals surface area contributed by atoms with Crippen molar-refractivity contribution in [2.24, 2.45) is 0 Å². The van der Waals surface area contributed by atoms with E-state index < -0.39 is 0 Å². The van der Waals surface area contributed by atoms with Gasteiger partial charge in [-0.1, -0.05) is 6.07 Å². The third-order valence-electron chi connectivity index (χ3n) is 3.38. The molecule has 0 spiro atoms. The van der Waals surface area contributed by atoms with Crippen LogP contribution in [0.2, 0.25) is 0 Å². The topological polar surface area (TPSA) is 88.8 Å². The summed E-state index contributed by atoms with van der Waals surface area (Å²) < 4.78 is 10.1. The monoisotopic (exact) mass is 331 g/mol. The minimum Gasteiger partial charge on any atom is -0.334 e. The van der Waals surface area contributed by atoms with Gasteiger partial charge in [-0.3, -0.25) is 4.68 Å². The maximum atomic E-state index is 12.2. The van der Waals surface area contributed by atoms with Crippen LogP contribution < -0.4 is 5.32 Å². The van der Waals surface area contributed by atoms with Gasteiger partial charge in [0.05, 0.1) is 18.3 Å². The molecule has 1 N–H and O–H groups in total. The molecule has 120 valence electrons. The molecule has 2 amide bonds. The summed E-state index contributed by atoms with van der Waals surface area (Å²) in [6, 6.07) is 5.67. The average molecular weight is 331 g/mol. The van der Waals surface area contributed by atoms with E-state index in [2.05, 4.69) is 24.1 Å². The van der Waals surface area contributed by atoms with Crippen molar-refractivity contribution in [3.8, 4) is 0 Å². The number of fused-ring (bicyclic) bond motifs is 1. The fourth-order valence-corrected chi connectivity index (χ4v) is 2.76. The molecule has 1 atom stereocenters. The van der Waals surface area contributed by atoms with Crippen LogP contribution in [0.4, 0.5) is 4.79 Å². The van der Waals surface area contributed by atoms with Gasteiger partial charge in [0.25, 0.3) is 0 Å². The van der Waals surface area contributed by atoms with Gasteiger partial charge in [-0.15, -0.1) is 0 Å². The molecular formula is C14H17N7OS. The van der Waals surface area contributed by atoms with E-state index in [4.69, 9.17) is 0 Å². The van der Waals surface area contributed by atoms with Crippen LogP contribution in [-0.2, 0) is 13.1 Å². The summed E-state index contributed by atoms with van der Waals surface area (Å²) in [7, 11) is 1.76. The highest BCUT2D eigenvalue weighted by molar-refractivity contribution is 7.00. The number of hydrogen-bond acceptors (Lipinski definition) is 6. The van der Waals surface area contributed by atoms with E-state index in [-0.39, 0.29) is 12.1 Å². The van der Waals surface area contributed by atoms with Crippen LogP contribution in [-0.4, -0.2) is 47.5 Å². The lowest BCUT2D eigenvalue weighted by molar-refractivity contribution is 0.202.